The molecule has 198 valence electrons. The van der Waals surface area contributed by atoms with Gasteiger partial charge in [-0.25, -0.2) is 4.79 Å². The molecule has 4 aromatic rings. The van der Waals surface area contributed by atoms with Gasteiger partial charge in [-0.05, 0) is 58.7 Å². The summed E-state index contributed by atoms with van der Waals surface area (Å²) in [5.41, 5.74) is 2.75. The SMILES string of the molecule is O=C(NCC(NC(=O)c1ccc(-c2ccc(C(F)(F)F)cc2)cc1)C(=O)O)c1ccc(-c2ccccc2)cc1. The molecule has 0 spiro atoms. The Balaban J connectivity index is 1.35. The van der Waals surface area contributed by atoms with Gasteiger partial charge >= 0.3 is 12.1 Å². The molecule has 0 heterocycles. The number of alkyl halides is 3. The highest BCUT2D eigenvalue weighted by Gasteiger charge is 2.30. The second-order valence-corrected chi connectivity index (χ2v) is 8.67. The van der Waals surface area contributed by atoms with Crippen molar-refractivity contribution in [3.8, 4) is 22.3 Å². The highest BCUT2D eigenvalue weighted by atomic mass is 19.4. The van der Waals surface area contributed by atoms with Crippen molar-refractivity contribution in [3.63, 3.8) is 0 Å². The van der Waals surface area contributed by atoms with E-state index >= 15 is 0 Å². The van der Waals surface area contributed by atoms with Crippen molar-refractivity contribution in [2.45, 2.75) is 12.2 Å². The second-order valence-electron chi connectivity index (χ2n) is 8.67. The number of nitrogens with one attached hydrogen (secondary N) is 2. The minimum Gasteiger partial charge on any atom is -0.480 e. The summed E-state index contributed by atoms with van der Waals surface area (Å²) < 4.78 is 38.3. The Labute approximate surface area is 222 Å². The molecule has 39 heavy (non-hydrogen) atoms. The molecule has 0 aliphatic heterocycles. The summed E-state index contributed by atoms with van der Waals surface area (Å²) in [5, 5.41) is 14.4. The fourth-order valence-electron chi connectivity index (χ4n) is 3.85. The van der Waals surface area contributed by atoms with Crippen LogP contribution in [0.15, 0.2) is 103 Å². The van der Waals surface area contributed by atoms with E-state index in [0.29, 0.717) is 16.7 Å². The minimum absolute atomic E-state index is 0.153. The van der Waals surface area contributed by atoms with E-state index < -0.39 is 35.6 Å². The summed E-state index contributed by atoms with van der Waals surface area (Å²) in [4.78, 5) is 36.9. The number of carbonyl (C=O) groups excluding carboxylic acids is 2. The van der Waals surface area contributed by atoms with Crippen LogP contribution in [0.4, 0.5) is 13.2 Å². The summed E-state index contributed by atoms with van der Waals surface area (Å²) in [5.74, 6) is -2.50. The number of amides is 2. The van der Waals surface area contributed by atoms with Crippen LogP contribution in [0.25, 0.3) is 22.3 Å². The molecule has 0 aromatic heterocycles. The first-order valence-electron chi connectivity index (χ1n) is 11.9. The van der Waals surface area contributed by atoms with Crippen LogP contribution in [-0.4, -0.2) is 35.5 Å². The summed E-state index contributed by atoms with van der Waals surface area (Å²) in [6, 6.07) is 25.6. The van der Waals surface area contributed by atoms with Crippen molar-refractivity contribution in [1.29, 1.82) is 0 Å². The standard InChI is InChI=1S/C30H23F3N2O4/c31-30(32,33)25-16-14-22(15-17-25)21-8-12-24(13-9-21)28(37)35-26(29(38)39)18-34-27(36)23-10-6-20(7-11-23)19-4-2-1-3-5-19/h1-17,26H,18H2,(H,34,36)(H,35,37)(H,38,39). The molecular formula is C30H23F3N2O4. The maximum Gasteiger partial charge on any atom is 0.416 e. The van der Waals surface area contributed by atoms with Gasteiger partial charge in [0.1, 0.15) is 6.04 Å². The third kappa shape index (κ3) is 6.89. The van der Waals surface area contributed by atoms with Crippen molar-refractivity contribution in [1.82, 2.24) is 10.6 Å². The Bertz CT molecular complexity index is 1450. The van der Waals surface area contributed by atoms with Gasteiger partial charge < -0.3 is 15.7 Å². The zero-order valence-electron chi connectivity index (χ0n) is 20.4. The highest BCUT2D eigenvalue weighted by Crippen LogP contribution is 2.31. The van der Waals surface area contributed by atoms with Crippen LogP contribution in [0.1, 0.15) is 26.3 Å². The molecule has 2 amide bonds. The quantitative estimate of drug-likeness (QED) is 0.273. The Kier molecular flexibility index (Phi) is 8.10. The average molecular weight is 533 g/mol. The van der Waals surface area contributed by atoms with Crippen LogP contribution in [0.5, 0.6) is 0 Å². The largest absolute Gasteiger partial charge is 0.480 e. The maximum atomic E-state index is 12.8. The van der Waals surface area contributed by atoms with Crippen LogP contribution in [0.3, 0.4) is 0 Å². The average Bonchev–Trinajstić information content (AvgIpc) is 2.95. The van der Waals surface area contributed by atoms with Gasteiger partial charge in [0.05, 0.1) is 5.56 Å². The zero-order valence-corrected chi connectivity index (χ0v) is 20.4. The minimum atomic E-state index is -4.44. The van der Waals surface area contributed by atoms with E-state index in [4.69, 9.17) is 0 Å². The molecule has 0 saturated heterocycles. The Morgan fingerprint density at radius 3 is 1.54 bits per heavy atom. The number of benzene rings is 4. The Morgan fingerprint density at radius 2 is 1.08 bits per heavy atom. The van der Waals surface area contributed by atoms with E-state index in [1.165, 1.54) is 24.3 Å². The summed E-state index contributed by atoms with van der Waals surface area (Å²) >= 11 is 0. The molecule has 0 saturated carbocycles. The van der Waals surface area contributed by atoms with Crippen LogP contribution in [0, 0.1) is 0 Å². The van der Waals surface area contributed by atoms with E-state index in [1.54, 1.807) is 36.4 Å². The van der Waals surface area contributed by atoms with E-state index in [-0.39, 0.29) is 12.1 Å². The lowest BCUT2D eigenvalue weighted by Crippen LogP contribution is -2.48. The molecule has 1 unspecified atom stereocenters. The van der Waals surface area contributed by atoms with Gasteiger partial charge in [0, 0.05) is 17.7 Å². The van der Waals surface area contributed by atoms with Crippen LogP contribution in [0.2, 0.25) is 0 Å². The molecule has 9 heteroatoms. The number of rotatable bonds is 8. The van der Waals surface area contributed by atoms with Gasteiger partial charge in [-0.3, -0.25) is 9.59 Å². The predicted octanol–water partition coefficient (Wildman–Crippen LogP) is 5.65. The molecule has 0 aliphatic carbocycles. The number of hydrogen-bond donors (Lipinski definition) is 3. The third-order valence-electron chi connectivity index (χ3n) is 6.02. The molecule has 6 nitrogen and oxygen atoms in total. The van der Waals surface area contributed by atoms with Crippen LogP contribution in [-0.2, 0) is 11.0 Å². The molecule has 0 radical (unpaired) electrons. The maximum absolute atomic E-state index is 12.8. The van der Waals surface area contributed by atoms with Gasteiger partial charge in [-0.2, -0.15) is 13.2 Å². The van der Waals surface area contributed by atoms with E-state index in [2.05, 4.69) is 10.6 Å². The molecule has 4 aromatic carbocycles. The lowest BCUT2D eigenvalue weighted by atomic mass is 10.0. The smallest absolute Gasteiger partial charge is 0.416 e. The number of carboxylic acid groups (broad SMARTS) is 1. The second kappa shape index (κ2) is 11.6. The van der Waals surface area contributed by atoms with E-state index in [9.17, 15) is 32.7 Å². The fraction of sp³-hybridized carbons (Fsp3) is 0.100. The van der Waals surface area contributed by atoms with Crippen LogP contribution >= 0.6 is 0 Å². The molecule has 3 N–H and O–H groups in total. The van der Waals surface area contributed by atoms with Crippen molar-refractivity contribution < 1.29 is 32.7 Å². The Hall–Kier alpha value is -4.92. The molecule has 1 atom stereocenters. The van der Waals surface area contributed by atoms with Gasteiger partial charge in [-0.1, -0.05) is 66.7 Å². The fourth-order valence-corrected chi connectivity index (χ4v) is 3.85. The van der Waals surface area contributed by atoms with Crippen LogP contribution < -0.4 is 10.6 Å². The third-order valence-corrected chi connectivity index (χ3v) is 6.02. The van der Waals surface area contributed by atoms with Crippen molar-refractivity contribution in [2.24, 2.45) is 0 Å². The number of carbonyl (C=O) groups is 3. The molecule has 0 aliphatic rings. The Morgan fingerprint density at radius 1 is 0.641 bits per heavy atom. The topological polar surface area (TPSA) is 95.5 Å². The van der Waals surface area contributed by atoms with E-state index in [1.807, 2.05) is 30.3 Å². The normalized spacial score (nSPS) is 11.9. The van der Waals surface area contributed by atoms with Crippen molar-refractivity contribution in [2.75, 3.05) is 6.54 Å². The van der Waals surface area contributed by atoms with Crippen molar-refractivity contribution >= 4 is 17.8 Å². The summed E-state index contributed by atoms with van der Waals surface area (Å²) in [7, 11) is 0. The first-order chi connectivity index (χ1) is 18.6. The van der Waals surface area contributed by atoms with Gasteiger partial charge in [0.15, 0.2) is 0 Å². The summed E-state index contributed by atoms with van der Waals surface area (Å²) in [6.07, 6.45) is -4.44. The van der Waals surface area contributed by atoms with Gasteiger partial charge in [-0.15, -0.1) is 0 Å². The first-order valence-corrected chi connectivity index (χ1v) is 11.9. The van der Waals surface area contributed by atoms with E-state index in [0.717, 1.165) is 23.3 Å². The zero-order chi connectivity index (χ0) is 28.0. The number of aliphatic carboxylic acids is 1. The molecular weight excluding hydrogens is 509 g/mol. The number of carboxylic acids is 1. The summed E-state index contributed by atoms with van der Waals surface area (Å²) in [6.45, 7) is -0.343. The number of hydrogen-bond acceptors (Lipinski definition) is 3. The predicted molar refractivity (Wildman–Crippen MR) is 140 cm³/mol. The molecule has 4 rings (SSSR count). The van der Waals surface area contributed by atoms with Gasteiger partial charge in [0.2, 0.25) is 0 Å². The van der Waals surface area contributed by atoms with Crippen molar-refractivity contribution in [3.05, 3.63) is 120 Å². The monoisotopic (exact) mass is 532 g/mol. The van der Waals surface area contributed by atoms with Gasteiger partial charge in [0.25, 0.3) is 11.8 Å². The lowest BCUT2D eigenvalue weighted by molar-refractivity contribution is -0.139. The molecule has 0 fully saturated rings. The number of halogens is 3. The first kappa shape index (κ1) is 27.1. The highest BCUT2D eigenvalue weighted by molar-refractivity contribution is 5.98. The molecule has 0 bridgehead atoms. The lowest BCUT2D eigenvalue weighted by Gasteiger charge is -2.16.